The molecule has 1 nitrogen and oxygen atoms in total. The number of hydrogen-bond acceptors (Lipinski definition) is 1. The van der Waals surface area contributed by atoms with Crippen LogP contribution in [0.3, 0.4) is 0 Å². The molecule has 0 N–H and O–H groups in total. The van der Waals surface area contributed by atoms with Gasteiger partial charge in [-0.15, -0.1) is 0 Å². The molecule has 0 amide bonds. The Balaban J connectivity index is 1.46. The van der Waals surface area contributed by atoms with Crippen LogP contribution in [0.1, 0.15) is 29.2 Å². The number of aryl methyl sites for hydroxylation is 1. The van der Waals surface area contributed by atoms with Gasteiger partial charge in [0.05, 0.1) is 6.61 Å². The first kappa shape index (κ1) is 23.3. The van der Waals surface area contributed by atoms with Gasteiger partial charge in [-0.3, -0.25) is 0 Å². The fraction of sp³-hybridized carbons (Fsp3) is 0.143. The van der Waals surface area contributed by atoms with E-state index in [0.29, 0.717) is 24.2 Å². The molecule has 0 unspecified atom stereocenters. The maximum atomic E-state index is 14.2. The highest BCUT2D eigenvalue weighted by Crippen LogP contribution is 2.24. The Morgan fingerprint density at radius 3 is 2.00 bits per heavy atom. The first-order chi connectivity index (χ1) is 16.4. The summed E-state index contributed by atoms with van der Waals surface area (Å²) in [6.45, 7) is 2.06. The van der Waals surface area contributed by atoms with E-state index in [1.165, 1.54) is 30.3 Å². The normalized spacial score (nSPS) is 10.8. The molecule has 0 aliphatic carbocycles. The zero-order valence-electron chi connectivity index (χ0n) is 18.2. The predicted molar refractivity (Wildman–Crippen MR) is 121 cm³/mol. The molecule has 0 radical (unpaired) electrons. The third-order valence-electron chi connectivity index (χ3n) is 5.37. The van der Waals surface area contributed by atoms with Crippen molar-refractivity contribution in [3.8, 4) is 17.6 Å². The van der Waals surface area contributed by atoms with Gasteiger partial charge in [-0.05, 0) is 61.0 Å². The first-order valence-corrected chi connectivity index (χ1v) is 10.6. The van der Waals surface area contributed by atoms with E-state index < -0.39 is 29.1 Å². The summed E-state index contributed by atoms with van der Waals surface area (Å²) in [6, 6.07) is 14.9. The Labute approximate surface area is 193 Å². The predicted octanol–water partition coefficient (Wildman–Crippen LogP) is 7.12. The van der Waals surface area contributed by atoms with E-state index in [4.69, 9.17) is 4.74 Å². The fourth-order valence-corrected chi connectivity index (χ4v) is 3.62. The van der Waals surface area contributed by atoms with Crippen molar-refractivity contribution in [3.63, 3.8) is 0 Å². The Morgan fingerprint density at radius 2 is 1.32 bits per heavy atom. The zero-order chi connectivity index (χ0) is 24.2. The van der Waals surface area contributed by atoms with Crippen LogP contribution in [0.15, 0.2) is 60.7 Å². The topological polar surface area (TPSA) is 9.23 Å². The molecule has 0 aromatic heterocycles. The summed E-state index contributed by atoms with van der Waals surface area (Å²) < 4.78 is 74.3. The van der Waals surface area contributed by atoms with Gasteiger partial charge < -0.3 is 4.74 Å². The van der Waals surface area contributed by atoms with E-state index in [9.17, 15) is 22.0 Å². The van der Waals surface area contributed by atoms with Crippen LogP contribution in [0.2, 0.25) is 0 Å². The largest absolute Gasteiger partial charge is 0.494 e. The maximum absolute atomic E-state index is 14.2. The number of benzene rings is 4. The van der Waals surface area contributed by atoms with E-state index in [0.717, 1.165) is 11.6 Å². The number of hydrogen-bond donors (Lipinski definition) is 0. The molecule has 4 aromatic rings. The molecule has 34 heavy (non-hydrogen) atoms. The van der Waals surface area contributed by atoms with E-state index in [1.807, 2.05) is 12.1 Å². The van der Waals surface area contributed by atoms with E-state index in [2.05, 4.69) is 11.8 Å². The molecule has 0 aliphatic heterocycles. The molecule has 6 heteroatoms. The summed E-state index contributed by atoms with van der Waals surface area (Å²) in [4.78, 5) is 0. The molecular formula is C28H19F5O. The van der Waals surface area contributed by atoms with Crippen LogP contribution in [-0.2, 0) is 12.8 Å². The lowest BCUT2D eigenvalue weighted by atomic mass is 10.0. The second kappa shape index (κ2) is 9.96. The minimum Gasteiger partial charge on any atom is -0.494 e. The van der Waals surface area contributed by atoms with Crippen LogP contribution < -0.4 is 4.74 Å². The van der Waals surface area contributed by atoms with Gasteiger partial charge in [0, 0.05) is 34.2 Å². The van der Waals surface area contributed by atoms with Gasteiger partial charge in [0.2, 0.25) is 0 Å². The third kappa shape index (κ3) is 5.04. The van der Waals surface area contributed by atoms with Crippen molar-refractivity contribution in [2.45, 2.75) is 19.8 Å². The smallest absolute Gasteiger partial charge is 0.195 e. The third-order valence-corrected chi connectivity index (χ3v) is 5.37. The van der Waals surface area contributed by atoms with Crippen LogP contribution in [0.25, 0.3) is 10.8 Å². The SMILES string of the molecule is CCOc1cc(F)c(CCc2ccc(C#Cc3ccc4c(F)c(F)c(F)cc4c3)cc2)c(F)c1. The van der Waals surface area contributed by atoms with Crippen molar-refractivity contribution in [3.05, 3.63) is 112 Å². The second-order valence-corrected chi connectivity index (χ2v) is 7.67. The van der Waals surface area contributed by atoms with Gasteiger partial charge in [0.1, 0.15) is 17.4 Å². The standard InChI is InChI=1S/C28H19F5O/c1-2-34-21-15-24(29)23(25(30)16-21)12-9-18-5-3-17(4-6-18)7-8-19-10-11-22-20(13-19)14-26(31)28(33)27(22)32/h3-6,10-11,13-16H,2,9,12H2,1H3. The van der Waals surface area contributed by atoms with Crippen molar-refractivity contribution in [2.75, 3.05) is 6.61 Å². The number of ether oxygens (including phenoxy) is 1. The number of fused-ring (bicyclic) bond motifs is 1. The summed E-state index contributed by atoms with van der Waals surface area (Å²) in [5.74, 6) is 0.786. The molecule has 4 aromatic carbocycles. The van der Waals surface area contributed by atoms with Crippen LogP contribution >= 0.6 is 0 Å². The lowest BCUT2D eigenvalue weighted by Crippen LogP contribution is -2.01. The summed E-state index contributed by atoms with van der Waals surface area (Å²) in [5, 5.41) is 0.196. The van der Waals surface area contributed by atoms with E-state index >= 15 is 0 Å². The van der Waals surface area contributed by atoms with Crippen molar-refractivity contribution < 1.29 is 26.7 Å². The highest BCUT2D eigenvalue weighted by atomic mass is 19.2. The van der Waals surface area contributed by atoms with E-state index in [1.54, 1.807) is 19.1 Å². The van der Waals surface area contributed by atoms with Gasteiger partial charge in [-0.25, -0.2) is 22.0 Å². The summed E-state index contributed by atoms with van der Waals surface area (Å²) in [5.41, 5.74) is 2.11. The van der Waals surface area contributed by atoms with Gasteiger partial charge in [-0.1, -0.05) is 30.0 Å². The zero-order valence-corrected chi connectivity index (χ0v) is 18.2. The summed E-state index contributed by atoms with van der Waals surface area (Å²) in [6.07, 6.45) is 0.633. The highest BCUT2D eigenvalue weighted by molar-refractivity contribution is 5.84. The van der Waals surface area contributed by atoms with Crippen molar-refractivity contribution >= 4 is 10.8 Å². The maximum Gasteiger partial charge on any atom is 0.195 e. The Hall–Kier alpha value is -3.85. The van der Waals surface area contributed by atoms with Crippen molar-refractivity contribution in [2.24, 2.45) is 0 Å². The molecule has 172 valence electrons. The number of halogens is 5. The van der Waals surface area contributed by atoms with Gasteiger partial charge in [-0.2, -0.15) is 0 Å². The number of rotatable bonds is 5. The molecule has 0 spiro atoms. The molecule has 0 heterocycles. The quantitative estimate of drug-likeness (QED) is 0.173. The van der Waals surface area contributed by atoms with Gasteiger partial charge in [0.25, 0.3) is 0 Å². The van der Waals surface area contributed by atoms with E-state index in [-0.39, 0.29) is 28.5 Å². The fourth-order valence-electron chi connectivity index (χ4n) is 3.62. The molecule has 0 saturated heterocycles. The molecule has 4 rings (SSSR count). The molecule has 0 bridgehead atoms. The van der Waals surface area contributed by atoms with Crippen LogP contribution in [0, 0.1) is 40.9 Å². The lowest BCUT2D eigenvalue weighted by molar-refractivity contribution is 0.335. The minimum absolute atomic E-state index is 0.0105. The average Bonchev–Trinajstić information content (AvgIpc) is 2.81. The lowest BCUT2D eigenvalue weighted by Gasteiger charge is -2.09. The Morgan fingerprint density at radius 1 is 0.676 bits per heavy atom. The van der Waals surface area contributed by atoms with Gasteiger partial charge in [0.15, 0.2) is 17.5 Å². The van der Waals surface area contributed by atoms with Crippen molar-refractivity contribution in [1.29, 1.82) is 0 Å². The Kier molecular flexibility index (Phi) is 6.83. The molecule has 0 aliphatic rings. The minimum atomic E-state index is -1.50. The van der Waals surface area contributed by atoms with Gasteiger partial charge >= 0.3 is 0 Å². The summed E-state index contributed by atoms with van der Waals surface area (Å²) >= 11 is 0. The van der Waals surface area contributed by atoms with Crippen LogP contribution in [-0.4, -0.2) is 6.61 Å². The van der Waals surface area contributed by atoms with Crippen LogP contribution in [0.4, 0.5) is 22.0 Å². The first-order valence-electron chi connectivity index (χ1n) is 10.6. The molecular weight excluding hydrogens is 447 g/mol. The Bertz CT molecular complexity index is 1390. The van der Waals surface area contributed by atoms with Crippen molar-refractivity contribution in [1.82, 2.24) is 0 Å². The monoisotopic (exact) mass is 466 g/mol. The second-order valence-electron chi connectivity index (χ2n) is 7.67. The molecule has 0 atom stereocenters. The average molecular weight is 466 g/mol. The van der Waals surface area contributed by atoms with Crippen LogP contribution in [0.5, 0.6) is 5.75 Å². The summed E-state index contributed by atoms with van der Waals surface area (Å²) in [7, 11) is 0. The molecule has 0 fully saturated rings. The highest BCUT2D eigenvalue weighted by Gasteiger charge is 2.14. The molecule has 0 saturated carbocycles.